The monoisotopic (exact) mass is 287 g/mol. The van der Waals surface area contributed by atoms with Gasteiger partial charge in [0, 0.05) is 25.7 Å². The largest absolute Gasteiger partial charge is 0.355 e. The maximum atomic E-state index is 12.2. The van der Waals surface area contributed by atoms with Gasteiger partial charge in [-0.25, -0.2) is 4.98 Å². The second-order valence-electron chi connectivity index (χ2n) is 6.49. The second kappa shape index (κ2) is 6.46. The first-order valence-electron chi connectivity index (χ1n) is 8.24. The summed E-state index contributed by atoms with van der Waals surface area (Å²) in [7, 11) is 0. The number of hydrogen-bond acceptors (Lipinski definition) is 3. The Hall–Kier alpha value is -1.58. The van der Waals surface area contributed by atoms with E-state index in [2.05, 4.69) is 22.1 Å². The lowest BCUT2D eigenvalue weighted by Crippen LogP contribution is -2.31. The van der Waals surface area contributed by atoms with Gasteiger partial charge in [0.2, 0.25) is 5.91 Å². The van der Waals surface area contributed by atoms with Crippen molar-refractivity contribution in [1.29, 1.82) is 0 Å². The number of pyridine rings is 1. The molecule has 0 aromatic carbocycles. The number of anilines is 2. The standard InChI is InChI=1S/C17H25N3O/c1-13(14-7-8-14)12-16(21)19-15-6-5-9-18-17(15)20-10-3-2-4-11-20/h5-6,9,13-14H,2-4,7-8,10-12H2,1H3,(H,19,21)/t13-/m1/s1. The molecule has 21 heavy (non-hydrogen) atoms. The Morgan fingerprint density at radius 1 is 1.38 bits per heavy atom. The zero-order chi connectivity index (χ0) is 14.7. The minimum absolute atomic E-state index is 0.126. The van der Waals surface area contributed by atoms with Crippen molar-refractivity contribution < 1.29 is 4.79 Å². The summed E-state index contributed by atoms with van der Waals surface area (Å²) in [6, 6.07) is 3.87. The predicted molar refractivity (Wildman–Crippen MR) is 85.4 cm³/mol. The molecule has 1 aromatic rings. The molecule has 1 amide bonds. The summed E-state index contributed by atoms with van der Waals surface area (Å²) < 4.78 is 0. The van der Waals surface area contributed by atoms with Crippen LogP contribution in [0, 0.1) is 11.8 Å². The fraction of sp³-hybridized carbons (Fsp3) is 0.647. The molecule has 114 valence electrons. The van der Waals surface area contributed by atoms with Crippen molar-refractivity contribution in [3.63, 3.8) is 0 Å². The number of amides is 1. The average Bonchev–Trinajstić information content (AvgIpc) is 3.33. The van der Waals surface area contributed by atoms with Crippen LogP contribution in [-0.2, 0) is 4.79 Å². The predicted octanol–water partition coefficient (Wildman–Crippen LogP) is 3.45. The van der Waals surface area contributed by atoms with E-state index in [1.54, 1.807) is 0 Å². The van der Waals surface area contributed by atoms with Crippen molar-refractivity contribution in [2.45, 2.75) is 45.4 Å². The van der Waals surface area contributed by atoms with Crippen LogP contribution in [0.4, 0.5) is 11.5 Å². The lowest BCUT2D eigenvalue weighted by molar-refractivity contribution is -0.117. The van der Waals surface area contributed by atoms with Gasteiger partial charge in [0.25, 0.3) is 0 Å². The highest BCUT2D eigenvalue weighted by atomic mass is 16.1. The van der Waals surface area contributed by atoms with Crippen molar-refractivity contribution in [3.05, 3.63) is 18.3 Å². The van der Waals surface area contributed by atoms with Gasteiger partial charge in [-0.05, 0) is 56.1 Å². The fourth-order valence-corrected chi connectivity index (χ4v) is 3.18. The van der Waals surface area contributed by atoms with Crippen LogP contribution in [0.25, 0.3) is 0 Å². The Bertz CT molecular complexity index is 493. The van der Waals surface area contributed by atoms with Crippen LogP contribution in [0.3, 0.4) is 0 Å². The summed E-state index contributed by atoms with van der Waals surface area (Å²) in [5.41, 5.74) is 0.868. The third-order valence-corrected chi connectivity index (χ3v) is 4.65. The van der Waals surface area contributed by atoms with E-state index >= 15 is 0 Å². The molecule has 1 saturated heterocycles. The van der Waals surface area contributed by atoms with Gasteiger partial charge in [-0.2, -0.15) is 0 Å². The second-order valence-corrected chi connectivity index (χ2v) is 6.49. The van der Waals surface area contributed by atoms with Crippen LogP contribution in [0.5, 0.6) is 0 Å². The Labute approximate surface area is 126 Å². The van der Waals surface area contributed by atoms with Gasteiger partial charge in [0.05, 0.1) is 5.69 Å². The third-order valence-electron chi connectivity index (χ3n) is 4.65. The van der Waals surface area contributed by atoms with Crippen LogP contribution in [0.1, 0.15) is 45.4 Å². The molecular formula is C17H25N3O. The summed E-state index contributed by atoms with van der Waals surface area (Å²) in [6.45, 7) is 4.27. The van der Waals surface area contributed by atoms with Crippen LogP contribution >= 0.6 is 0 Å². The highest BCUT2D eigenvalue weighted by Crippen LogP contribution is 2.38. The lowest BCUT2D eigenvalue weighted by atomic mass is 10.0. The van der Waals surface area contributed by atoms with Gasteiger partial charge < -0.3 is 10.2 Å². The molecule has 1 aliphatic heterocycles. The van der Waals surface area contributed by atoms with E-state index in [4.69, 9.17) is 0 Å². The lowest BCUT2D eigenvalue weighted by Gasteiger charge is -2.29. The molecule has 0 bridgehead atoms. The zero-order valence-electron chi connectivity index (χ0n) is 12.8. The molecule has 4 nitrogen and oxygen atoms in total. The summed E-state index contributed by atoms with van der Waals surface area (Å²) in [4.78, 5) is 19.0. The molecule has 1 saturated carbocycles. The quantitative estimate of drug-likeness (QED) is 0.902. The maximum Gasteiger partial charge on any atom is 0.224 e. The highest BCUT2D eigenvalue weighted by molar-refractivity contribution is 5.93. The number of nitrogens with zero attached hydrogens (tertiary/aromatic N) is 2. The molecule has 1 N–H and O–H groups in total. The molecule has 0 radical (unpaired) electrons. The Balaban J connectivity index is 1.65. The van der Waals surface area contributed by atoms with Crippen LogP contribution < -0.4 is 10.2 Å². The summed E-state index contributed by atoms with van der Waals surface area (Å²) in [5.74, 6) is 2.33. The van der Waals surface area contributed by atoms with E-state index in [-0.39, 0.29) is 5.91 Å². The van der Waals surface area contributed by atoms with Gasteiger partial charge in [-0.15, -0.1) is 0 Å². The Kier molecular flexibility index (Phi) is 4.42. The normalized spacial score (nSPS) is 20.1. The number of piperidine rings is 1. The first-order chi connectivity index (χ1) is 10.2. The average molecular weight is 287 g/mol. The van der Waals surface area contributed by atoms with Gasteiger partial charge in [0.15, 0.2) is 5.82 Å². The van der Waals surface area contributed by atoms with Crippen molar-refractivity contribution >= 4 is 17.4 Å². The minimum atomic E-state index is 0.126. The maximum absolute atomic E-state index is 12.2. The van der Waals surface area contributed by atoms with Gasteiger partial charge in [-0.1, -0.05) is 6.92 Å². The molecule has 0 unspecified atom stereocenters. The van der Waals surface area contributed by atoms with Crippen molar-refractivity contribution in [2.75, 3.05) is 23.3 Å². The van der Waals surface area contributed by atoms with E-state index in [0.717, 1.165) is 30.5 Å². The van der Waals surface area contributed by atoms with Gasteiger partial charge in [-0.3, -0.25) is 4.79 Å². The van der Waals surface area contributed by atoms with Crippen molar-refractivity contribution in [1.82, 2.24) is 4.98 Å². The fourth-order valence-electron chi connectivity index (χ4n) is 3.18. The van der Waals surface area contributed by atoms with E-state index < -0.39 is 0 Å². The third kappa shape index (κ3) is 3.74. The number of carbonyl (C=O) groups excluding carboxylic acids is 1. The van der Waals surface area contributed by atoms with Crippen molar-refractivity contribution in [3.8, 4) is 0 Å². The molecule has 2 fully saturated rings. The van der Waals surface area contributed by atoms with Gasteiger partial charge in [0.1, 0.15) is 0 Å². The number of carbonyl (C=O) groups is 1. The van der Waals surface area contributed by atoms with Crippen LogP contribution in [0.15, 0.2) is 18.3 Å². The molecule has 2 heterocycles. The summed E-state index contributed by atoms with van der Waals surface area (Å²) in [6.07, 6.45) is 8.74. The van der Waals surface area contributed by atoms with E-state index in [0.29, 0.717) is 12.3 Å². The first-order valence-corrected chi connectivity index (χ1v) is 8.24. The molecule has 2 aliphatic rings. The number of aromatic nitrogens is 1. The summed E-state index contributed by atoms with van der Waals surface area (Å²) in [5, 5.41) is 3.08. The molecule has 1 aromatic heterocycles. The van der Waals surface area contributed by atoms with Crippen LogP contribution in [0.2, 0.25) is 0 Å². The number of hydrogen-bond donors (Lipinski definition) is 1. The highest BCUT2D eigenvalue weighted by Gasteiger charge is 2.29. The molecular weight excluding hydrogens is 262 g/mol. The molecule has 1 atom stereocenters. The molecule has 3 rings (SSSR count). The topological polar surface area (TPSA) is 45.2 Å². The Morgan fingerprint density at radius 3 is 2.86 bits per heavy atom. The molecule has 0 spiro atoms. The number of rotatable bonds is 5. The molecule has 4 heteroatoms. The molecule has 1 aliphatic carbocycles. The van der Waals surface area contributed by atoms with Gasteiger partial charge >= 0.3 is 0 Å². The summed E-state index contributed by atoms with van der Waals surface area (Å²) >= 11 is 0. The Morgan fingerprint density at radius 2 is 2.14 bits per heavy atom. The van der Waals surface area contributed by atoms with E-state index in [1.165, 1.54) is 32.1 Å². The number of nitrogens with one attached hydrogen (secondary N) is 1. The van der Waals surface area contributed by atoms with E-state index in [9.17, 15) is 4.79 Å². The zero-order valence-corrected chi connectivity index (χ0v) is 12.8. The SMILES string of the molecule is C[C@H](CC(=O)Nc1cccnc1N1CCCCC1)C1CC1. The van der Waals surface area contributed by atoms with Crippen molar-refractivity contribution in [2.24, 2.45) is 11.8 Å². The van der Waals surface area contributed by atoms with E-state index in [1.807, 2.05) is 18.3 Å². The first kappa shape index (κ1) is 14.4. The smallest absolute Gasteiger partial charge is 0.224 e. The minimum Gasteiger partial charge on any atom is -0.355 e. The van der Waals surface area contributed by atoms with Crippen LogP contribution in [-0.4, -0.2) is 24.0 Å².